The Kier molecular flexibility index (Phi) is 5.76. The summed E-state index contributed by atoms with van der Waals surface area (Å²) in [6.07, 6.45) is 10.9. The molecule has 0 bridgehead atoms. The molecule has 0 unspecified atom stereocenters. The van der Waals surface area contributed by atoms with Crippen LogP contribution in [-0.4, -0.2) is 53.6 Å². The molecule has 0 radical (unpaired) electrons. The van der Waals surface area contributed by atoms with E-state index in [0.29, 0.717) is 28.6 Å². The fourth-order valence-corrected chi connectivity index (χ4v) is 11.9. The largest absolute Gasteiger partial charge is 0.396 e. The van der Waals surface area contributed by atoms with Crippen molar-refractivity contribution in [3.63, 3.8) is 0 Å². The van der Waals surface area contributed by atoms with Crippen LogP contribution in [0.2, 0.25) is 0 Å². The van der Waals surface area contributed by atoms with Crippen molar-refractivity contribution in [2.45, 2.75) is 117 Å². The van der Waals surface area contributed by atoms with E-state index < -0.39 is 6.10 Å². The topological polar surface area (TPSA) is 79.2 Å². The molecule has 5 aliphatic carbocycles. The number of hydrogen-bond acceptors (Lipinski definition) is 5. The first kappa shape index (κ1) is 25.8. The van der Waals surface area contributed by atoms with Crippen LogP contribution in [0.15, 0.2) is 11.6 Å². The van der Waals surface area contributed by atoms with Gasteiger partial charge in [-0.05, 0) is 111 Å². The summed E-state index contributed by atoms with van der Waals surface area (Å²) in [5.74, 6) is 1.52. The second-order valence-corrected chi connectivity index (χ2v) is 14.9. The van der Waals surface area contributed by atoms with Crippen molar-refractivity contribution >= 4 is 0 Å². The van der Waals surface area contributed by atoms with Crippen molar-refractivity contribution in [3.8, 4) is 0 Å². The quantitative estimate of drug-likeness (QED) is 0.468. The van der Waals surface area contributed by atoms with Crippen LogP contribution in [0.25, 0.3) is 0 Å². The van der Waals surface area contributed by atoms with Crippen molar-refractivity contribution in [1.29, 1.82) is 0 Å². The maximum atomic E-state index is 11.5. The zero-order valence-corrected chi connectivity index (χ0v) is 23.4. The van der Waals surface area contributed by atoms with Crippen molar-refractivity contribution in [3.05, 3.63) is 11.6 Å². The second kappa shape index (κ2) is 8.03. The first-order chi connectivity index (χ1) is 16.9. The molecule has 6 fully saturated rings. The van der Waals surface area contributed by atoms with Crippen molar-refractivity contribution in [2.75, 3.05) is 13.7 Å². The molecular weight excluding hydrogens is 452 g/mol. The fourth-order valence-electron chi connectivity index (χ4n) is 11.9. The molecule has 6 aliphatic rings. The third-order valence-corrected chi connectivity index (χ3v) is 13.8. The molecular formula is C31H50O5. The Balaban J connectivity index is 1.32. The molecule has 3 N–H and O–H groups in total. The summed E-state index contributed by atoms with van der Waals surface area (Å²) in [4.78, 5) is 0. The maximum Gasteiger partial charge on any atom is 0.163 e. The Hall–Kier alpha value is -0.460. The lowest BCUT2D eigenvalue weighted by Crippen LogP contribution is -2.59. The van der Waals surface area contributed by atoms with E-state index in [1.165, 1.54) is 37.7 Å². The van der Waals surface area contributed by atoms with Crippen LogP contribution in [0.5, 0.6) is 0 Å². The Morgan fingerprint density at radius 2 is 1.61 bits per heavy atom. The molecule has 1 saturated heterocycles. The van der Waals surface area contributed by atoms with Crippen LogP contribution in [0.3, 0.4) is 0 Å². The van der Waals surface area contributed by atoms with E-state index >= 15 is 0 Å². The van der Waals surface area contributed by atoms with E-state index in [1.807, 2.05) is 0 Å². The van der Waals surface area contributed by atoms with E-state index in [4.69, 9.17) is 9.47 Å². The highest BCUT2D eigenvalue weighted by Crippen LogP contribution is 2.89. The van der Waals surface area contributed by atoms with Gasteiger partial charge in [-0.15, -0.1) is 0 Å². The molecule has 1 aliphatic heterocycles. The predicted molar refractivity (Wildman–Crippen MR) is 139 cm³/mol. The van der Waals surface area contributed by atoms with Crippen LogP contribution >= 0.6 is 0 Å². The fraction of sp³-hybridized carbons (Fsp3) is 0.935. The van der Waals surface area contributed by atoms with E-state index in [-0.39, 0.29) is 47.3 Å². The Morgan fingerprint density at radius 3 is 2.28 bits per heavy atom. The lowest BCUT2D eigenvalue weighted by atomic mass is 9.41. The molecule has 0 amide bonds. The molecule has 5 heteroatoms. The predicted octanol–water partition coefficient (Wildman–Crippen LogP) is 5.07. The average molecular weight is 503 g/mol. The van der Waals surface area contributed by atoms with Gasteiger partial charge in [-0.2, -0.15) is 0 Å². The van der Waals surface area contributed by atoms with Crippen LogP contribution in [0, 0.1) is 50.7 Å². The molecule has 5 nitrogen and oxygen atoms in total. The van der Waals surface area contributed by atoms with Gasteiger partial charge in [0.2, 0.25) is 0 Å². The smallest absolute Gasteiger partial charge is 0.163 e. The molecule has 0 aromatic heterocycles. The van der Waals surface area contributed by atoms with E-state index in [9.17, 15) is 15.3 Å². The van der Waals surface area contributed by atoms with Crippen LogP contribution < -0.4 is 0 Å². The van der Waals surface area contributed by atoms with Gasteiger partial charge in [-0.1, -0.05) is 32.4 Å². The summed E-state index contributed by atoms with van der Waals surface area (Å²) < 4.78 is 12.1. The summed E-state index contributed by atoms with van der Waals surface area (Å²) in [5.41, 5.74) is 1.89. The first-order valence-electron chi connectivity index (χ1n) is 14.7. The van der Waals surface area contributed by atoms with Crippen molar-refractivity contribution < 1.29 is 24.8 Å². The first-order valence-corrected chi connectivity index (χ1v) is 14.7. The summed E-state index contributed by atoms with van der Waals surface area (Å²) in [6, 6.07) is 0. The Labute approximate surface area is 218 Å². The highest BCUT2D eigenvalue weighted by molar-refractivity contribution is 5.31. The number of allylic oxidation sites excluding steroid dienone is 1. The molecule has 1 heterocycles. The molecule has 0 aromatic carbocycles. The number of rotatable bonds is 4. The van der Waals surface area contributed by atoms with E-state index in [2.05, 4.69) is 40.7 Å². The average Bonchev–Trinajstić information content (AvgIpc) is 3.31. The number of aliphatic hydroxyl groups excluding tert-OH is 3. The van der Waals surface area contributed by atoms with Gasteiger partial charge in [0.1, 0.15) is 6.10 Å². The van der Waals surface area contributed by atoms with Gasteiger partial charge in [0.25, 0.3) is 0 Å². The maximum absolute atomic E-state index is 11.5. The minimum atomic E-state index is -0.530. The summed E-state index contributed by atoms with van der Waals surface area (Å²) in [7, 11) is 1.73. The Morgan fingerprint density at radius 1 is 0.917 bits per heavy atom. The number of methoxy groups -OCH3 is 1. The standard InChI is InChI=1S/C31H50O5/c1-18(2)15-20-25(34)24(26(35-6)36-20)19-9-11-29(5)22-8-7-21-27(3,17-32)23(33)10-12-30(21)16-31(22,30)14-13-28(19,29)4/h15,19-26,32-34H,7-14,16-17H2,1-6H3/t19-,20-,21+,22+,23+,24+,25-,26-,27-,28-,29+,30-,31+/m1/s1. The Bertz CT molecular complexity index is 930. The monoisotopic (exact) mass is 502 g/mol. The third-order valence-electron chi connectivity index (χ3n) is 13.8. The zero-order valence-electron chi connectivity index (χ0n) is 23.4. The lowest BCUT2D eigenvalue weighted by Gasteiger charge is -2.63. The second-order valence-electron chi connectivity index (χ2n) is 14.9. The van der Waals surface area contributed by atoms with Gasteiger partial charge >= 0.3 is 0 Å². The van der Waals surface area contributed by atoms with E-state index in [0.717, 1.165) is 25.7 Å². The zero-order chi connectivity index (χ0) is 25.9. The van der Waals surface area contributed by atoms with Crippen molar-refractivity contribution in [2.24, 2.45) is 50.7 Å². The van der Waals surface area contributed by atoms with E-state index in [1.54, 1.807) is 7.11 Å². The van der Waals surface area contributed by atoms with Crippen LogP contribution in [-0.2, 0) is 9.47 Å². The lowest BCUT2D eigenvalue weighted by molar-refractivity contribution is -0.184. The summed E-state index contributed by atoms with van der Waals surface area (Å²) in [5, 5.41) is 32.9. The number of ether oxygens (including phenoxy) is 2. The number of aliphatic hydroxyl groups is 3. The van der Waals surface area contributed by atoms with Gasteiger partial charge in [0, 0.05) is 18.4 Å². The van der Waals surface area contributed by atoms with Gasteiger partial charge in [0.15, 0.2) is 6.29 Å². The highest BCUT2D eigenvalue weighted by atomic mass is 16.7. The third kappa shape index (κ3) is 2.91. The molecule has 5 saturated carbocycles. The number of fused-ring (bicyclic) bond motifs is 2. The number of hydrogen-bond donors (Lipinski definition) is 3. The molecule has 204 valence electrons. The van der Waals surface area contributed by atoms with Gasteiger partial charge in [-0.3, -0.25) is 0 Å². The van der Waals surface area contributed by atoms with Crippen molar-refractivity contribution in [1.82, 2.24) is 0 Å². The highest BCUT2D eigenvalue weighted by Gasteiger charge is 2.82. The molecule has 2 spiro atoms. The van der Waals surface area contributed by atoms with Gasteiger partial charge < -0.3 is 24.8 Å². The minimum absolute atomic E-state index is 0.00323. The molecule has 13 atom stereocenters. The van der Waals surface area contributed by atoms with Gasteiger partial charge in [0.05, 0.1) is 18.8 Å². The molecule has 0 aromatic rings. The molecule has 36 heavy (non-hydrogen) atoms. The van der Waals surface area contributed by atoms with Crippen LogP contribution in [0.4, 0.5) is 0 Å². The molecule has 6 rings (SSSR count). The summed E-state index contributed by atoms with van der Waals surface area (Å²) in [6.45, 7) is 11.5. The van der Waals surface area contributed by atoms with Crippen LogP contribution in [0.1, 0.15) is 92.4 Å². The van der Waals surface area contributed by atoms with Gasteiger partial charge in [-0.25, -0.2) is 0 Å². The normalized spacial score (nSPS) is 59.5. The minimum Gasteiger partial charge on any atom is -0.396 e. The SMILES string of the molecule is CO[C@@H]1O[C@H](C=C(C)C)[C@@H](O)[C@@H]1[C@H]1CC[C@@]2(C)[C@@H]3CC[C@H]4[C@@](C)(CO)[C@@H](O)CC[C@@]45C[C@@]35CC[C@]12C. The summed E-state index contributed by atoms with van der Waals surface area (Å²) >= 11 is 0.